The number of hydrogen-bond acceptors (Lipinski definition) is 7. The molecule has 0 saturated heterocycles. The summed E-state index contributed by atoms with van der Waals surface area (Å²) in [6.45, 7) is 1.60. The van der Waals surface area contributed by atoms with E-state index in [1.807, 2.05) is 0 Å². The SMILES string of the molecule is Cc1nc(N(C)C)ncc1Oc1cc(F)c(C(=O)NS(C)(=O)=O)cc1F. The Hall–Kier alpha value is -2.82. The number of aromatic nitrogens is 2. The third kappa shape index (κ3) is 4.63. The van der Waals surface area contributed by atoms with Crippen LogP contribution in [0.25, 0.3) is 0 Å². The Morgan fingerprint density at radius 3 is 2.38 bits per heavy atom. The van der Waals surface area contributed by atoms with E-state index in [0.29, 0.717) is 23.8 Å². The molecule has 1 aromatic carbocycles. The second kappa shape index (κ2) is 7.20. The van der Waals surface area contributed by atoms with Crippen molar-refractivity contribution in [1.82, 2.24) is 14.7 Å². The number of sulfonamides is 1. The number of nitrogens with one attached hydrogen (secondary N) is 1. The number of aryl methyl sites for hydroxylation is 1. The van der Waals surface area contributed by atoms with Crippen molar-refractivity contribution in [3.8, 4) is 11.5 Å². The largest absolute Gasteiger partial charge is 0.451 e. The normalized spacial score (nSPS) is 11.2. The molecule has 0 fully saturated rings. The lowest BCUT2D eigenvalue weighted by atomic mass is 10.2. The maximum absolute atomic E-state index is 14.2. The monoisotopic (exact) mass is 386 g/mol. The molecular formula is C15H16F2N4O4S. The number of amides is 1. The standard InChI is InChI=1S/C15H16F2N4O4S/c1-8-13(7-18-15(19-8)21(2)3)25-12-6-10(16)9(5-11(12)17)14(22)20-26(4,23)24/h5-7H,1-4H3,(H,20,22). The number of nitrogens with zero attached hydrogens (tertiary/aromatic N) is 3. The summed E-state index contributed by atoms with van der Waals surface area (Å²) in [5.74, 6) is -3.48. The molecule has 140 valence electrons. The van der Waals surface area contributed by atoms with Crippen LogP contribution in [-0.2, 0) is 10.0 Å². The number of halogens is 2. The highest BCUT2D eigenvalue weighted by molar-refractivity contribution is 7.89. The Morgan fingerprint density at radius 1 is 1.19 bits per heavy atom. The number of anilines is 1. The van der Waals surface area contributed by atoms with E-state index in [4.69, 9.17) is 4.74 Å². The van der Waals surface area contributed by atoms with Crippen LogP contribution < -0.4 is 14.4 Å². The number of carbonyl (C=O) groups is 1. The second-order valence-corrected chi connectivity index (χ2v) is 7.33. The molecule has 0 radical (unpaired) electrons. The molecule has 0 saturated carbocycles. The van der Waals surface area contributed by atoms with Gasteiger partial charge in [-0.1, -0.05) is 0 Å². The van der Waals surface area contributed by atoms with Crippen molar-refractivity contribution in [2.45, 2.75) is 6.92 Å². The molecule has 2 rings (SSSR count). The predicted molar refractivity (Wildman–Crippen MR) is 89.8 cm³/mol. The van der Waals surface area contributed by atoms with Gasteiger partial charge in [-0.25, -0.2) is 31.9 Å². The highest BCUT2D eigenvalue weighted by Crippen LogP contribution is 2.28. The van der Waals surface area contributed by atoms with Gasteiger partial charge >= 0.3 is 0 Å². The first-order chi connectivity index (χ1) is 12.0. The Bertz CT molecular complexity index is 964. The van der Waals surface area contributed by atoms with Crippen LogP contribution in [0.15, 0.2) is 18.3 Å². The molecule has 0 bridgehead atoms. The fraction of sp³-hybridized carbons (Fsp3) is 0.267. The number of carbonyl (C=O) groups excluding carboxylic acids is 1. The number of benzene rings is 1. The Kier molecular flexibility index (Phi) is 5.40. The minimum atomic E-state index is -3.92. The molecule has 0 unspecified atom stereocenters. The number of ether oxygens (including phenoxy) is 1. The highest BCUT2D eigenvalue weighted by Gasteiger charge is 2.20. The van der Waals surface area contributed by atoms with Gasteiger partial charge in [0, 0.05) is 20.2 Å². The van der Waals surface area contributed by atoms with Gasteiger partial charge in [0.2, 0.25) is 16.0 Å². The summed E-state index contributed by atoms with van der Waals surface area (Å²) in [4.78, 5) is 21.5. The summed E-state index contributed by atoms with van der Waals surface area (Å²) in [6.07, 6.45) is 2.02. The van der Waals surface area contributed by atoms with Crippen molar-refractivity contribution in [2.24, 2.45) is 0 Å². The maximum atomic E-state index is 14.2. The molecule has 0 aliphatic rings. The molecule has 11 heteroatoms. The van der Waals surface area contributed by atoms with E-state index >= 15 is 0 Å². The minimum Gasteiger partial charge on any atom is -0.451 e. The van der Waals surface area contributed by atoms with Crippen molar-refractivity contribution in [2.75, 3.05) is 25.3 Å². The van der Waals surface area contributed by atoms with Crippen molar-refractivity contribution in [1.29, 1.82) is 0 Å². The van der Waals surface area contributed by atoms with E-state index in [0.717, 1.165) is 6.26 Å². The molecule has 1 heterocycles. The van der Waals surface area contributed by atoms with Crippen LogP contribution in [0.4, 0.5) is 14.7 Å². The van der Waals surface area contributed by atoms with Crippen LogP contribution in [0.2, 0.25) is 0 Å². The molecule has 0 aliphatic heterocycles. The van der Waals surface area contributed by atoms with Crippen molar-refractivity contribution < 1.29 is 26.7 Å². The second-order valence-electron chi connectivity index (χ2n) is 5.58. The van der Waals surface area contributed by atoms with Gasteiger partial charge < -0.3 is 9.64 Å². The summed E-state index contributed by atoms with van der Waals surface area (Å²) in [6, 6.07) is 1.20. The molecule has 2 aromatic rings. The molecule has 26 heavy (non-hydrogen) atoms. The van der Waals surface area contributed by atoms with Crippen LogP contribution >= 0.6 is 0 Å². The zero-order valence-electron chi connectivity index (χ0n) is 14.4. The summed E-state index contributed by atoms with van der Waals surface area (Å²) in [5.41, 5.74) is -0.376. The number of hydrogen-bond donors (Lipinski definition) is 1. The highest BCUT2D eigenvalue weighted by atomic mass is 32.2. The Morgan fingerprint density at radius 2 is 1.85 bits per heavy atom. The van der Waals surface area contributed by atoms with Gasteiger partial charge in [-0.3, -0.25) is 4.79 Å². The molecule has 8 nitrogen and oxygen atoms in total. The topological polar surface area (TPSA) is 101 Å². The average molecular weight is 386 g/mol. The van der Waals surface area contributed by atoms with E-state index in [2.05, 4.69) is 9.97 Å². The van der Waals surface area contributed by atoms with E-state index in [9.17, 15) is 22.0 Å². The van der Waals surface area contributed by atoms with Crippen LogP contribution in [0.3, 0.4) is 0 Å². The zero-order valence-corrected chi connectivity index (χ0v) is 15.2. The smallest absolute Gasteiger partial charge is 0.267 e. The van der Waals surface area contributed by atoms with E-state index in [1.54, 1.807) is 30.6 Å². The van der Waals surface area contributed by atoms with Gasteiger partial charge in [-0.05, 0) is 13.0 Å². The summed E-state index contributed by atoms with van der Waals surface area (Å²) >= 11 is 0. The van der Waals surface area contributed by atoms with E-state index < -0.39 is 38.9 Å². The summed E-state index contributed by atoms with van der Waals surface area (Å²) in [5, 5.41) is 0. The van der Waals surface area contributed by atoms with Gasteiger partial charge in [0.1, 0.15) is 5.82 Å². The van der Waals surface area contributed by atoms with Gasteiger partial charge in [0.05, 0.1) is 23.7 Å². The first-order valence-electron chi connectivity index (χ1n) is 7.18. The van der Waals surface area contributed by atoms with E-state index in [1.165, 1.54) is 6.20 Å². The molecule has 0 spiro atoms. The molecule has 0 aliphatic carbocycles. The average Bonchev–Trinajstić information content (AvgIpc) is 2.50. The van der Waals surface area contributed by atoms with Crippen molar-refractivity contribution in [3.05, 3.63) is 41.2 Å². The maximum Gasteiger partial charge on any atom is 0.267 e. The fourth-order valence-electron chi connectivity index (χ4n) is 1.88. The van der Waals surface area contributed by atoms with Crippen molar-refractivity contribution in [3.63, 3.8) is 0 Å². The predicted octanol–water partition coefficient (Wildman–Crippen LogP) is 1.61. The van der Waals surface area contributed by atoms with Crippen LogP contribution in [-0.4, -0.2) is 44.6 Å². The molecule has 1 N–H and O–H groups in total. The van der Waals surface area contributed by atoms with Crippen LogP contribution in [0.1, 0.15) is 16.1 Å². The molecule has 1 amide bonds. The van der Waals surface area contributed by atoms with Gasteiger partial charge in [-0.15, -0.1) is 0 Å². The molecule has 1 aromatic heterocycles. The first kappa shape index (κ1) is 19.5. The van der Waals surface area contributed by atoms with Crippen LogP contribution in [0, 0.1) is 18.6 Å². The third-order valence-corrected chi connectivity index (χ3v) is 3.64. The quantitative estimate of drug-likeness (QED) is 0.833. The molecular weight excluding hydrogens is 370 g/mol. The third-order valence-electron chi connectivity index (χ3n) is 3.09. The Labute approximate surface area is 148 Å². The lowest BCUT2D eigenvalue weighted by molar-refractivity contribution is 0.0977. The van der Waals surface area contributed by atoms with Gasteiger partial charge in [0.25, 0.3) is 5.91 Å². The minimum absolute atomic E-state index is 0.0993. The zero-order chi connectivity index (χ0) is 19.6. The lowest BCUT2D eigenvalue weighted by Crippen LogP contribution is -2.30. The fourth-order valence-corrected chi connectivity index (χ4v) is 2.33. The number of rotatable bonds is 5. The van der Waals surface area contributed by atoms with Crippen LogP contribution in [0.5, 0.6) is 11.5 Å². The summed E-state index contributed by atoms with van der Waals surface area (Å²) in [7, 11) is -0.436. The lowest BCUT2D eigenvalue weighted by Gasteiger charge is -2.14. The van der Waals surface area contributed by atoms with E-state index in [-0.39, 0.29) is 5.75 Å². The summed E-state index contributed by atoms with van der Waals surface area (Å²) < 4.78 is 57.2. The Balaban J connectivity index is 2.32. The van der Waals surface area contributed by atoms with Gasteiger partial charge in [0.15, 0.2) is 17.3 Å². The first-order valence-corrected chi connectivity index (χ1v) is 9.07. The van der Waals surface area contributed by atoms with Gasteiger partial charge in [-0.2, -0.15) is 0 Å². The van der Waals surface area contributed by atoms with Crippen molar-refractivity contribution >= 4 is 21.9 Å². The molecule has 0 atom stereocenters.